The van der Waals surface area contributed by atoms with Gasteiger partial charge >= 0.3 is 0 Å². The number of sulfone groups is 1. The van der Waals surface area contributed by atoms with Crippen molar-refractivity contribution in [2.45, 2.75) is 37.3 Å². The second-order valence-corrected chi connectivity index (χ2v) is 11.7. The van der Waals surface area contributed by atoms with Crippen LogP contribution in [-0.4, -0.2) is 29.6 Å². The molecule has 0 N–H and O–H groups in total. The van der Waals surface area contributed by atoms with Gasteiger partial charge in [-0.25, -0.2) is 21.1 Å². The molecule has 0 aliphatic carbocycles. The van der Waals surface area contributed by atoms with Gasteiger partial charge in [-0.3, -0.25) is 0 Å². The SMILES string of the molecule is CCCCN(c1oc(CS(=O)(=O)c2ccccc2)c(C)c1-c1ccc(C#N)cc1)S(C)(=O)=O. The first-order valence-corrected chi connectivity index (χ1v) is 14.0. The van der Waals surface area contributed by atoms with Crippen molar-refractivity contribution < 1.29 is 21.3 Å². The minimum Gasteiger partial charge on any atom is -0.442 e. The quantitative estimate of drug-likeness (QED) is 0.435. The molecule has 0 aliphatic heterocycles. The van der Waals surface area contributed by atoms with Crippen LogP contribution in [0.2, 0.25) is 0 Å². The number of anilines is 1. The van der Waals surface area contributed by atoms with Crippen molar-refractivity contribution in [2.24, 2.45) is 0 Å². The van der Waals surface area contributed by atoms with E-state index in [0.29, 0.717) is 28.7 Å². The summed E-state index contributed by atoms with van der Waals surface area (Å²) >= 11 is 0. The van der Waals surface area contributed by atoms with Gasteiger partial charge in [0.2, 0.25) is 15.9 Å². The molecule has 33 heavy (non-hydrogen) atoms. The lowest BCUT2D eigenvalue weighted by Crippen LogP contribution is -2.31. The van der Waals surface area contributed by atoms with Crippen molar-refractivity contribution in [3.8, 4) is 17.2 Å². The van der Waals surface area contributed by atoms with Crippen molar-refractivity contribution in [2.75, 3.05) is 17.1 Å². The van der Waals surface area contributed by atoms with E-state index >= 15 is 0 Å². The average Bonchev–Trinajstić information content (AvgIpc) is 3.08. The molecule has 2 aromatic carbocycles. The van der Waals surface area contributed by atoms with E-state index in [1.807, 2.05) is 6.92 Å². The first-order valence-electron chi connectivity index (χ1n) is 10.5. The molecule has 9 heteroatoms. The first-order chi connectivity index (χ1) is 15.6. The number of hydrogen-bond acceptors (Lipinski definition) is 6. The number of nitriles is 1. The molecule has 1 heterocycles. The highest BCUT2D eigenvalue weighted by Crippen LogP contribution is 2.40. The maximum atomic E-state index is 13.0. The largest absolute Gasteiger partial charge is 0.442 e. The molecule has 0 unspecified atom stereocenters. The highest BCUT2D eigenvalue weighted by molar-refractivity contribution is 7.92. The van der Waals surface area contributed by atoms with Crippen LogP contribution in [0.5, 0.6) is 0 Å². The fraction of sp³-hybridized carbons (Fsp3) is 0.292. The van der Waals surface area contributed by atoms with Crippen molar-refractivity contribution in [3.05, 3.63) is 71.5 Å². The monoisotopic (exact) mass is 486 g/mol. The van der Waals surface area contributed by atoms with Crippen molar-refractivity contribution >= 4 is 25.7 Å². The highest BCUT2D eigenvalue weighted by Gasteiger charge is 2.30. The van der Waals surface area contributed by atoms with E-state index in [4.69, 9.17) is 9.68 Å². The van der Waals surface area contributed by atoms with E-state index in [2.05, 4.69) is 6.07 Å². The average molecular weight is 487 g/mol. The van der Waals surface area contributed by atoms with Crippen LogP contribution in [-0.2, 0) is 25.6 Å². The van der Waals surface area contributed by atoms with Crippen LogP contribution in [0, 0.1) is 18.3 Å². The molecule has 0 radical (unpaired) electrons. The number of hydrogen-bond donors (Lipinski definition) is 0. The zero-order chi connectivity index (χ0) is 24.2. The molecule has 0 spiro atoms. The predicted octanol–water partition coefficient (Wildman–Crippen LogP) is 4.67. The van der Waals surface area contributed by atoms with Gasteiger partial charge in [0.25, 0.3) is 0 Å². The maximum Gasteiger partial charge on any atom is 0.234 e. The number of nitrogens with zero attached hydrogens (tertiary/aromatic N) is 2. The Morgan fingerprint density at radius 2 is 1.64 bits per heavy atom. The van der Waals surface area contributed by atoms with Gasteiger partial charge < -0.3 is 4.42 Å². The van der Waals surface area contributed by atoms with Gasteiger partial charge in [0.1, 0.15) is 11.5 Å². The molecule has 3 aromatic rings. The lowest BCUT2D eigenvalue weighted by atomic mass is 10.0. The Labute approximate surface area is 195 Å². The molecule has 0 aliphatic rings. The fourth-order valence-electron chi connectivity index (χ4n) is 3.51. The molecule has 0 bridgehead atoms. The van der Waals surface area contributed by atoms with Crippen molar-refractivity contribution in [1.29, 1.82) is 5.26 Å². The number of unbranched alkanes of at least 4 members (excludes halogenated alkanes) is 1. The summed E-state index contributed by atoms with van der Waals surface area (Å²) in [4.78, 5) is 0.160. The molecule has 3 rings (SSSR count). The van der Waals surface area contributed by atoms with Gasteiger partial charge in [0, 0.05) is 17.7 Å². The summed E-state index contributed by atoms with van der Waals surface area (Å²) in [5.74, 6) is -0.137. The fourth-order valence-corrected chi connectivity index (χ4v) is 5.76. The molecule has 0 saturated carbocycles. The van der Waals surface area contributed by atoms with E-state index in [9.17, 15) is 16.8 Å². The number of sulfonamides is 1. The third-order valence-electron chi connectivity index (χ3n) is 5.29. The summed E-state index contributed by atoms with van der Waals surface area (Å²) in [6, 6.07) is 16.8. The Hall–Kier alpha value is -3.09. The van der Waals surface area contributed by atoms with E-state index < -0.39 is 25.6 Å². The number of benzene rings is 2. The summed E-state index contributed by atoms with van der Waals surface area (Å²) in [7, 11) is -7.41. The maximum absolute atomic E-state index is 13.0. The molecule has 0 atom stereocenters. The molecule has 0 amide bonds. The Morgan fingerprint density at radius 3 is 2.18 bits per heavy atom. The normalized spacial score (nSPS) is 11.8. The van der Waals surface area contributed by atoms with E-state index in [1.165, 1.54) is 16.4 Å². The van der Waals surface area contributed by atoms with Crippen molar-refractivity contribution in [3.63, 3.8) is 0 Å². The molecule has 0 saturated heterocycles. The predicted molar refractivity (Wildman–Crippen MR) is 128 cm³/mol. The van der Waals surface area contributed by atoms with Crippen molar-refractivity contribution in [1.82, 2.24) is 0 Å². The number of furan rings is 1. The summed E-state index contributed by atoms with van der Waals surface area (Å²) in [5, 5.41) is 9.12. The summed E-state index contributed by atoms with van der Waals surface area (Å²) < 4.78 is 58.5. The zero-order valence-electron chi connectivity index (χ0n) is 18.8. The van der Waals surface area contributed by atoms with Gasteiger partial charge in [-0.2, -0.15) is 5.26 Å². The van der Waals surface area contributed by atoms with Gasteiger partial charge in [-0.05, 0) is 43.2 Å². The Morgan fingerprint density at radius 1 is 1.00 bits per heavy atom. The van der Waals surface area contributed by atoms with Crippen LogP contribution in [0.15, 0.2) is 63.9 Å². The molecule has 7 nitrogen and oxygen atoms in total. The third kappa shape index (κ3) is 5.46. The van der Waals surface area contributed by atoms with Gasteiger partial charge in [-0.1, -0.05) is 43.7 Å². The lowest BCUT2D eigenvalue weighted by Gasteiger charge is -2.21. The standard InChI is InChI=1S/C24H26N2O5S2/c1-4-5-15-26(32(3,27)28)24-23(20-13-11-19(16-25)12-14-20)18(2)22(31-24)17-33(29,30)21-9-7-6-8-10-21/h6-14H,4-5,15,17H2,1-3H3. The van der Waals surface area contributed by atoms with E-state index in [0.717, 1.165) is 12.7 Å². The molecule has 0 fully saturated rings. The molecular formula is C24H26N2O5S2. The van der Waals surface area contributed by atoms with Crippen LogP contribution in [0.4, 0.5) is 5.88 Å². The van der Waals surface area contributed by atoms with Gasteiger partial charge in [0.05, 0.1) is 22.8 Å². The zero-order valence-corrected chi connectivity index (χ0v) is 20.4. The Bertz CT molecular complexity index is 1370. The van der Waals surface area contributed by atoms with Crippen LogP contribution in [0.25, 0.3) is 11.1 Å². The van der Waals surface area contributed by atoms with Gasteiger partial charge in [-0.15, -0.1) is 0 Å². The summed E-state index contributed by atoms with van der Waals surface area (Å²) in [6.45, 7) is 3.88. The van der Waals surface area contributed by atoms with Crippen LogP contribution in [0.1, 0.15) is 36.7 Å². The summed E-state index contributed by atoms with van der Waals surface area (Å²) in [5.41, 5.74) is 2.14. The summed E-state index contributed by atoms with van der Waals surface area (Å²) in [6.07, 6.45) is 2.48. The molecule has 1 aromatic heterocycles. The number of rotatable bonds is 9. The second-order valence-electron chi connectivity index (χ2n) is 7.78. The van der Waals surface area contributed by atoms with E-state index in [-0.39, 0.29) is 23.1 Å². The smallest absolute Gasteiger partial charge is 0.234 e. The first kappa shape index (κ1) is 24.6. The van der Waals surface area contributed by atoms with Gasteiger partial charge in [0.15, 0.2) is 9.84 Å². The Balaban J connectivity index is 2.19. The molecular weight excluding hydrogens is 460 g/mol. The topological polar surface area (TPSA) is 108 Å². The van der Waals surface area contributed by atoms with Crippen LogP contribution >= 0.6 is 0 Å². The molecule has 174 valence electrons. The third-order valence-corrected chi connectivity index (χ3v) is 8.08. The van der Waals surface area contributed by atoms with Crippen LogP contribution < -0.4 is 4.31 Å². The minimum atomic E-state index is -3.72. The Kier molecular flexibility index (Phi) is 7.30. The van der Waals surface area contributed by atoms with Crippen LogP contribution in [0.3, 0.4) is 0 Å². The van der Waals surface area contributed by atoms with E-state index in [1.54, 1.807) is 49.4 Å². The highest BCUT2D eigenvalue weighted by atomic mass is 32.2. The minimum absolute atomic E-state index is 0.0893. The second kappa shape index (κ2) is 9.81. The lowest BCUT2D eigenvalue weighted by molar-refractivity contribution is 0.514.